The van der Waals surface area contributed by atoms with E-state index in [2.05, 4.69) is 36.1 Å². The molecule has 0 N–H and O–H groups in total. The van der Waals surface area contributed by atoms with Gasteiger partial charge in [0.1, 0.15) is 12.0 Å². The maximum absolute atomic E-state index is 14.4. The van der Waals surface area contributed by atoms with E-state index in [4.69, 9.17) is 4.74 Å². The van der Waals surface area contributed by atoms with Crippen LogP contribution in [0.15, 0.2) is 78.9 Å². The summed E-state index contributed by atoms with van der Waals surface area (Å²) >= 11 is 0. The monoisotopic (exact) mass is 454 g/mol. The molecule has 5 nitrogen and oxygen atoms in total. The molecule has 3 aromatic carbocycles. The van der Waals surface area contributed by atoms with Crippen molar-refractivity contribution in [3.05, 3.63) is 95.6 Å². The van der Waals surface area contributed by atoms with Gasteiger partial charge in [0, 0.05) is 19.2 Å². The minimum Gasteiger partial charge on any atom is -0.497 e. The zero-order valence-electron chi connectivity index (χ0n) is 19.7. The summed E-state index contributed by atoms with van der Waals surface area (Å²) in [6, 6.07) is 25.6. The molecule has 1 amide bonds. The van der Waals surface area contributed by atoms with Crippen molar-refractivity contribution in [3.63, 3.8) is 0 Å². The third-order valence-electron chi connectivity index (χ3n) is 7.29. The van der Waals surface area contributed by atoms with Gasteiger partial charge < -0.3 is 14.4 Å². The van der Waals surface area contributed by atoms with Gasteiger partial charge in [-0.1, -0.05) is 73.7 Å². The van der Waals surface area contributed by atoms with Crippen molar-refractivity contribution in [3.8, 4) is 5.75 Å². The number of aldehydes is 1. The normalized spacial score (nSPS) is 23.9. The molecular weight excluding hydrogens is 424 g/mol. The van der Waals surface area contributed by atoms with Crippen LogP contribution in [-0.2, 0) is 21.5 Å². The third-order valence-corrected chi connectivity index (χ3v) is 7.29. The Morgan fingerprint density at radius 1 is 1.03 bits per heavy atom. The molecule has 0 aliphatic carbocycles. The zero-order valence-corrected chi connectivity index (χ0v) is 19.7. The average molecular weight is 455 g/mol. The minimum absolute atomic E-state index is 0.0777. The maximum atomic E-state index is 14.4. The van der Waals surface area contributed by atoms with Crippen LogP contribution in [0.25, 0.3) is 0 Å². The first-order valence-corrected chi connectivity index (χ1v) is 11.9. The summed E-state index contributed by atoms with van der Waals surface area (Å²) in [5.74, 6) is 0.806. The molecule has 2 aliphatic heterocycles. The number of methoxy groups -OCH3 is 1. The van der Waals surface area contributed by atoms with Gasteiger partial charge in [-0.15, -0.1) is 0 Å². The van der Waals surface area contributed by atoms with Crippen molar-refractivity contribution in [1.29, 1.82) is 0 Å². The number of rotatable bonds is 7. The topological polar surface area (TPSA) is 49.9 Å². The average Bonchev–Trinajstić information content (AvgIpc) is 3.33. The summed E-state index contributed by atoms with van der Waals surface area (Å²) in [6.07, 6.45) is 2.33. The first kappa shape index (κ1) is 22.4. The van der Waals surface area contributed by atoms with Crippen molar-refractivity contribution < 1.29 is 14.3 Å². The van der Waals surface area contributed by atoms with E-state index in [9.17, 15) is 9.59 Å². The van der Waals surface area contributed by atoms with E-state index in [1.54, 1.807) is 7.11 Å². The van der Waals surface area contributed by atoms with Crippen LogP contribution in [0.3, 0.4) is 0 Å². The lowest BCUT2D eigenvalue weighted by Gasteiger charge is -2.35. The van der Waals surface area contributed by atoms with Crippen molar-refractivity contribution >= 4 is 17.9 Å². The molecule has 0 radical (unpaired) electrons. The Balaban J connectivity index is 1.72. The Hall–Kier alpha value is -3.44. The molecule has 5 heteroatoms. The highest BCUT2D eigenvalue weighted by molar-refractivity contribution is 6.09. The Morgan fingerprint density at radius 3 is 2.38 bits per heavy atom. The van der Waals surface area contributed by atoms with Gasteiger partial charge in [0.05, 0.1) is 30.3 Å². The van der Waals surface area contributed by atoms with Gasteiger partial charge in [0.25, 0.3) is 0 Å². The van der Waals surface area contributed by atoms with Crippen LogP contribution in [0.5, 0.6) is 5.75 Å². The van der Waals surface area contributed by atoms with Crippen molar-refractivity contribution in [2.75, 3.05) is 18.6 Å². The van der Waals surface area contributed by atoms with Gasteiger partial charge in [-0.3, -0.25) is 9.69 Å². The van der Waals surface area contributed by atoms with Gasteiger partial charge in [-0.2, -0.15) is 0 Å². The smallest absolute Gasteiger partial charge is 0.239 e. The third kappa shape index (κ3) is 3.43. The molecule has 0 saturated carbocycles. The van der Waals surface area contributed by atoms with Crippen molar-refractivity contribution in [2.45, 2.75) is 43.8 Å². The number of anilines is 1. The Labute approximate surface area is 201 Å². The number of carbonyl (C=O) groups is 2. The highest BCUT2D eigenvalue weighted by atomic mass is 16.5. The summed E-state index contributed by atoms with van der Waals surface area (Å²) in [5, 5.41) is 0. The SMILES string of the molecule is CCCN1C(=O)[C@@]2(C[C@@H](C=O)N(Cc3ccccc3)[C@H]2c2ccccc2)c2ccc(OC)cc21. The van der Waals surface area contributed by atoms with E-state index in [-0.39, 0.29) is 18.0 Å². The fourth-order valence-corrected chi connectivity index (χ4v) is 5.89. The van der Waals surface area contributed by atoms with E-state index in [1.165, 1.54) is 0 Å². The van der Waals surface area contributed by atoms with Gasteiger partial charge in [-0.05, 0) is 35.6 Å². The Kier molecular flexibility index (Phi) is 5.96. The first-order valence-electron chi connectivity index (χ1n) is 11.9. The fourth-order valence-electron chi connectivity index (χ4n) is 5.89. The molecule has 1 saturated heterocycles. The largest absolute Gasteiger partial charge is 0.497 e. The fraction of sp³-hybridized carbons (Fsp3) is 0.310. The number of amides is 1. The lowest BCUT2D eigenvalue weighted by Crippen LogP contribution is -2.44. The quantitative estimate of drug-likeness (QED) is 0.476. The zero-order chi connectivity index (χ0) is 23.7. The van der Waals surface area contributed by atoms with Crippen LogP contribution in [-0.4, -0.2) is 36.8 Å². The van der Waals surface area contributed by atoms with Gasteiger partial charge in [0.2, 0.25) is 5.91 Å². The minimum atomic E-state index is -0.835. The van der Waals surface area contributed by atoms with Crippen LogP contribution in [0.1, 0.15) is 42.5 Å². The summed E-state index contributed by atoms with van der Waals surface area (Å²) in [5.41, 5.74) is 3.23. The number of carbonyl (C=O) groups excluding carboxylic acids is 2. The molecule has 0 aromatic heterocycles. The van der Waals surface area contributed by atoms with E-state index in [0.29, 0.717) is 19.5 Å². The van der Waals surface area contributed by atoms with E-state index < -0.39 is 5.41 Å². The molecule has 174 valence electrons. The number of benzene rings is 3. The second-order valence-corrected chi connectivity index (χ2v) is 9.19. The summed E-state index contributed by atoms with van der Waals surface area (Å²) < 4.78 is 5.50. The number of hydrogen-bond acceptors (Lipinski definition) is 4. The van der Waals surface area contributed by atoms with Crippen LogP contribution >= 0.6 is 0 Å². The highest BCUT2D eigenvalue weighted by Crippen LogP contribution is 2.59. The number of likely N-dealkylation sites (tertiary alicyclic amines) is 1. The highest BCUT2D eigenvalue weighted by Gasteiger charge is 2.63. The summed E-state index contributed by atoms with van der Waals surface area (Å²) in [6.45, 7) is 3.31. The standard InChI is InChI=1S/C29H30N2O3/c1-3-16-30-26-17-24(34-2)14-15-25(26)29(28(30)33)18-23(20-32)31(19-21-10-6-4-7-11-21)27(29)22-12-8-5-9-13-22/h4-15,17,20,23,27H,3,16,18-19H2,1-2H3/t23-,27-,29-/m0/s1. The van der Waals surface area contributed by atoms with E-state index in [1.807, 2.05) is 59.5 Å². The lowest BCUT2D eigenvalue weighted by molar-refractivity contribution is -0.124. The van der Waals surface area contributed by atoms with Crippen LogP contribution in [0.4, 0.5) is 5.69 Å². The molecule has 34 heavy (non-hydrogen) atoms. The number of nitrogens with zero attached hydrogens (tertiary/aromatic N) is 2. The predicted molar refractivity (Wildman–Crippen MR) is 133 cm³/mol. The lowest BCUT2D eigenvalue weighted by atomic mass is 9.72. The van der Waals surface area contributed by atoms with Crippen LogP contribution in [0.2, 0.25) is 0 Å². The van der Waals surface area contributed by atoms with Crippen LogP contribution < -0.4 is 9.64 Å². The van der Waals surface area contributed by atoms with Crippen molar-refractivity contribution in [1.82, 2.24) is 4.90 Å². The molecule has 0 bridgehead atoms. The summed E-state index contributed by atoms with van der Waals surface area (Å²) in [4.78, 5) is 31.0. The van der Waals surface area contributed by atoms with Gasteiger partial charge >= 0.3 is 0 Å². The van der Waals surface area contributed by atoms with Crippen molar-refractivity contribution in [2.24, 2.45) is 0 Å². The molecule has 2 aliphatic rings. The molecule has 1 spiro atoms. The first-order chi connectivity index (χ1) is 16.6. The summed E-state index contributed by atoms with van der Waals surface area (Å²) in [7, 11) is 1.64. The number of ether oxygens (including phenoxy) is 1. The molecule has 5 rings (SSSR count). The number of fused-ring (bicyclic) bond motifs is 2. The predicted octanol–water partition coefficient (Wildman–Crippen LogP) is 4.90. The van der Waals surface area contributed by atoms with E-state index >= 15 is 0 Å². The van der Waals surface area contributed by atoms with Gasteiger partial charge in [-0.25, -0.2) is 0 Å². The second-order valence-electron chi connectivity index (χ2n) is 9.19. The molecule has 2 heterocycles. The molecule has 3 atom stereocenters. The molecule has 3 aromatic rings. The molecule has 1 fully saturated rings. The maximum Gasteiger partial charge on any atom is 0.239 e. The molecular formula is C29H30N2O3. The Morgan fingerprint density at radius 2 is 1.74 bits per heavy atom. The number of hydrogen-bond donors (Lipinski definition) is 0. The Bertz CT molecular complexity index is 1180. The van der Waals surface area contributed by atoms with Gasteiger partial charge in [0.15, 0.2) is 0 Å². The molecule has 0 unspecified atom stereocenters. The van der Waals surface area contributed by atoms with Crippen LogP contribution in [0, 0.1) is 0 Å². The second kappa shape index (κ2) is 9.07. The van der Waals surface area contributed by atoms with E-state index in [0.717, 1.165) is 40.8 Å².